The van der Waals surface area contributed by atoms with E-state index in [-0.39, 0.29) is 18.1 Å². The van der Waals surface area contributed by atoms with Gasteiger partial charge in [0.1, 0.15) is 11.9 Å². The minimum atomic E-state index is -0.386. The van der Waals surface area contributed by atoms with E-state index >= 15 is 0 Å². The normalized spacial score (nSPS) is 24.6. The van der Waals surface area contributed by atoms with Crippen LogP contribution in [0.25, 0.3) is 0 Å². The number of amides is 1. The first-order valence-electron chi connectivity index (χ1n) is 5.35. The molecule has 6 nitrogen and oxygen atoms in total. The van der Waals surface area contributed by atoms with Crippen molar-refractivity contribution in [3.8, 4) is 0 Å². The summed E-state index contributed by atoms with van der Waals surface area (Å²) in [6.45, 7) is 0.468. The number of nitrogens with one attached hydrogen (secondary N) is 1. The molecule has 3 N–H and O–H groups in total. The summed E-state index contributed by atoms with van der Waals surface area (Å²) in [7, 11) is 1.77. The highest BCUT2D eigenvalue weighted by Crippen LogP contribution is 2.20. The first-order chi connectivity index (χ1) is 7.70. The van der Waals surface area contributed by atoms with Gasteiger partial charge >= 0.3 is 0 Å². The Bertz CT molecular complexity index is 377. The Balaban J connectivity index is 1.92. The Hall–Kier alpha value is -1.40. The molecule has 16 heavy (non-hydrogen) atoms. The Labute approximate surface area is 93.8 Å². The molecule has 1 aliphatic rings. The quantitative estimate of drug-likeness (QED) is 0.749. The van der Waals surface area contributed by atoms with Crippen LogP contribution in [0.15, 0.2) is 12.3 Å². The van der Waals surface area contributed by atoms with Crippen LogP contribution in [0.1, 0.15) is 12.8 Å². The Morgan fingerprint density at radius 3 is 3.12 bits per heavy atom. The number of nitrogens with two attached hydrogens (primary N) is 1. The average Bonchev–Trinajstić information content (AvgIpc) is 2.88. The fraction of sp³-hybridized carbons (Fsp3) is 0.600. The smallest absolute Gasteiger partial charge is 0.254 e. The largest absolute Gasteiger partial charge is 0.364 e. The highest BCUT2D eigenvalue weighted by molar-refractivity contribution is 5.93. The highest BCUT2D eigenvalue weighted by atomic mass is 16.5. The summed E-state index contributed by atoms with van der Waals surface area (Å²) in [5.74, 6) is 0.546. The standard InChI is InChI=1S/C10H16N4O2/c1-14-9(4-5-12-14)13-10(15)8-3-2-7(6-11)16-8/h4-5,7-8H,2-3,6,11H2,1H3,(H,13,15). The molecule has 0 aromatic carbocycles. The van der Waals surface area contributed by atoms with E-state index in [2.05, 4.69) is 10.4 Å². The number of aryl methyl sites for hydroxylation is 1. The van der Waals surface area contributed by atoms with E-state index in [1.165, 1.54) is 0 Å². The molecule has 2 rings (SSSR count). The summed E-state index contributed by atoms with van der Waals surface area (Å²) in [6.07, 6.45) is 2.84. The maximum Gasteiger partial charge on any atom is 0.254 e. The third kappa shape index (κ3) is 2.23. The zero-order valence-electron chi connectivity index (χ0n) is 9.22. The number of hydrogen-bond donors (Lipinski definition) is 2. The van der Waals surface area contributed by atoms with Gasteiger partial charge in [-0.1, -0.05) is 0 Å². The van der Waals surface area contributed by atoms with E-state index in [0.29, 0.717) is 12.4 Å². The first kappa shape index (κ1) is 11.1. The van der Waals surface area contributed by atoms with Gasteiger partial charge in [0.05, 0.1) is 12.3 Å². The van der Waals surface area contributed by atoms with Crippen LogP contribution in [0, 0.1) is 0 Å². The molecule has 88 valence electrons. The van der Waals surface area contributed by atoms with Crippen LogP contribution in [-0.2, 0) is 16.6 Å². The van der Waals surface area contributed by atoms with E-state index in [1.54, 1.807) is 24.0 Å². The third-order valence-corrected chi connectivity index (χ3v) is 2.74. The number of anilines is 1. The first-order valence-corrected chi connectivity index (χ1v) is 5.35. The third-order valence-electron chi connectivity index (χ3n) is 2.74. The summed E-state index contributed by atoms with van der Waals surface area (Å²) >= 11 is 0. The van der Waals surface area contributed by atoms with Crippen molar-refractivity contribution in [1.82, 2.24) is 9.78 Å². The lowest BCUT2D eigenvalue weighted by Crippen LogP contribution is -2.30. The van der Waals surface area contributed by atoms with Crippen molar-refractivity contribution >= 4 is 11.7 Å². The number of hydrogen-bond acceptors (Lipinski definition) is 4. The van der Waals surface area contributed by atoms with Crippen molar-refractivity contribution in [1.29, 1.82) is 0 Å². The summed E-state index contributed by atoms with van der Waals surface area (Å²) in [5.41, 5.74) is 5.49. The molecular weight excluding hydrogens is 208 g/mol. The van der Waals surface area contributed by atoms with Gasteiger partial charge in [0.15, 0.2) is 0 Å². The molecule has 2 unspecified atom stereocenters. The average molecular weight is 224 g/mol. The predicted molar refractivity (Wildman–Crippen MR) is 58.8 cm³/mol. The van der Waals surface area contributed by atoms with Crippen LogP contribution in [0.3, 0.4) is 0 Å². The Morgan fingerprint density at radius 2 is 2.56 bits per heavy atom. The fourth-order valence-corrected chi connectivity index (χ4v) is 1.78. The Kier molecular flexibility index (Phi) is 3.21. The van der Waals surface area contributed by atoms with Gasteiger partial charge in [-0.25, -0.2) is 0 Å². The van der Waals surface area contributed by atoms with Gasteiger partial charge in [-0.05, 0) is 12.8 Å². The fourth-order valence-electron chi connectivity index (χ4n) is 1.78. The minimum Gasteiger partial charge on any atom is -0.364 e. The van der Waals surface area contributed by atoms with Gasteiger partial charge in [-0.15, -0.1) is 0 Å². The number of rotatable bonds is 3. The Morgan fingerprint density at radius 1 is 1.75 bits per heavy atom. The molecule has 0 spiro atoms. The number of carbonyl (C=O) groups excluding carboxylic acids is 1. The molecule has 0 radical (unpaired) electrons. The predicted octanol–water partition coefficient (Wildman–Crippen LogP) is -0.135. The van der Waals surface area contributed by atoms with Gasteiger partial charge in [0.2, 0.25) is 0 Å². The van der Waals surface area contributed by atoms with Gasteiger partial charge in [0.25, 0.3) is 5.91 Å². The molecule has 0 saturated carbocycles. The summed E-state index contributed by atoms with van der Waals surface area (Å²) < 4.78 is 7.10. The van der Waals surface area contributed by atoms with E-state index < -0.39 is 0 Å². The zero-order chi connectivity index (χ0) is 11.5. The van der Waals surface area contributed by atoms with Crippen LogP contribution in [0.5, 0.6) is 0 Å². The van der Waals surface area contributed by atoms with Crippen LogP contribution >= 0.6 is 0 Å². The molecule has 2 atom stereocenters. The van der Waals surface area contributed by atoms with E-state index in [0.717, 1.165) is 12.8 Å². The van der Waals surface area contributed by atoms with Gasteiger partial charge < -0.3 is 15.8 Å². The lowest BCUT2D eigenvalue weighted by Gasteiger charge is -2.12. The van der Waals surface area contributed by atoms with Crippen LogP contribution < -0.4 is 11.1 Å². The van der Waals surface area contributed by atoms with E-state index in [1.807, 2.05) is 0 Å². The summed E-state index contributed by atoms with van der Waals surface area (Å²) in [4.78, 5) is 11.8. The monoisotopic (exact) mass is 224 g/mol. The lowest BCUT2D eigenvalue weighted by atomic mass is 10.2. The zero-order valence-corrected chi connectivity index (χ0v) is 9.22. The van der Waals surface area contributed by atoms with Crippen molar-refractivity contribution in [3.05, 3.63) is 12.3 Å². The van der Waals surface area contributed by atoms with Crippen molar-refractivity contribution in [3.63, 3.8) is 0 Å². The highest BCUT2D eigenvalue weighted by Gasteiger charge is 2.30. The van der Waals surface area contributed by atoms with E-state index in [9.17, 15) is 4.79 Å². The second kappa shape index (κ2) is 4.63. The van der Waals surface area contributed by atoms with Crippen molar-refractivity contribution in [2.45, 2.75) is 25.0 Å². The van der Waals surface area contributed by atoms with Crippen LogP contribution in [0.2, 0.25) is 0 Å². The van der Waals surface area contributed by atoms with E-state index in [4.69, 9.17) is 10.5 Å². The van der Waals surface area contributed by atoms with Gasteiger partial charge in [-0.2, -0.15) is 5.10 Å². The molecule has 1 aromatic heterocycles. The summed E-state index contributed by atoms with van der Waals surface area (Å²) in [6, 6.07) is 1.74. The molecule has 6 heteroatoms. The SMILES string of the molecule is Cn1nccc1NC(=O)C1CCC(CN)O1. The maximum absolute atomic E-state index is 11.8. The molecule has 0 bridgehead atoms. The second-order valence-corrected chi connectivity index (χ2v) is 3.89. The van der Waals surface area contributed by atoms with Crippen molar-refractivity contribution < 1.29 is 9.53 Å². The topological polar surface area (TPSA) is 82.2 Å². The van der Waals surface area contributed by atoms with Crippen molar-refractivity contribution in [2.24, 2.45) is 12.8 Å². The molecule has 0 aliphatic carbocycles. The van der Waals surface area contributed by atoms with Crippen LogP contribution in [0.4, 0.5) is 5.82 Å². The second-order valence-electron chi connectivity index (χ2n) is 3.89. The van der Waals surface area contributed by atoms with Crippen molar-refractivity contribution in [2.75, 3.05) is 11.9 Å². The number of carbonyl (C=O) groups is 1. The molecule has 2 heterocycles. The molecule has 1 saturated heterocycles. The molecule has 1 fully saturated rings. The number of aromatic nitrogens is 2. The minimum absolute atomic E-state index is 0.0160. The van der Waals surface area contributed by atoms with Gasteiger partial charge in [0, 0.05) is 19.7 Å². The lowest BCUT2D eigenvalue weighted by molar-refractivity contribution is -0.126. The summed E-state index contributed by atoms with van der Waals surface area (Å²) in [5, 5.41) is 6.74. The molecular formula is C10H16N4O2. The molecule has 1 amide bonds. The molecule has 1 aliphatic heterocycles. The maximum atomic E-state index is 11.8. The molecule has 1 aromatic rings. The number of ether oxygens (including phenoxy) is 1. The number of nitrogens with zero attached hydrogens (tertiary/aromatic N) is 2. The van der Waals surface area contributed by atoms with Crippen LogP contribution in [-0.4, -0.2) is 34.4 Å². The van der Waals surface area contributed by atoms with Gasteiger partial charge in [-0.3, -0.25) is 9.48 Å².